The molecule has 0 bridgehead atoms. The van der Waals surface area contributed by atoms with Gasteiger partial charge in [-0.25, -0.2) is 4.79 Å². The highest BCUT2D eigenvalue weighted by Gasteiger charge is 2.23. The summed E-state index contributed by atoms with van der Waals surface area (Å²) in [6.07, 6.45) is 3.70. The van der Waals surface area contributed by atoms with Crippen LogP contribution in [0.1, 0.15) is 47.5 Å². The normalized spacial score (nSPS) is 13.3. The first kappa shape index (κ1) is 19.4. The van der Waals surface area contributed by atoms with E-state index in [0.29, 0.717) is 4.88 Å². The molecule has 1 N–H and O–H groups in total. The molecule has 1 aromatic heterocycles. The summed E-state index contributed by atoms with van der Waals surface area (Å²) in [6, 6.07) is 8.02. The van der Waals surface area contributed by atoms with E-state index in [4.69, 9.17) is 9.47 Å². The monoisotopic (exact) mass is 387 g/mol. The summed E-state index contributed by atoms with van der Waals surface area (Å²) in [7, 11) is 1.66. The zero-order valence-corrected chi connectivity index (χ0v) is 16.8. The van der Waals surface area contributed by atoms with Crippen molar-refractivity contribution in [3.05, 3.63) is 40.3 Å². The summed E-state index contributed by atoms with van der Waals surface area (Å²) in [5.74, 6) is 0.141. The molecule has 0 unspecified atom stereocenters. The number of aryl methyl sites for hydroxylation is 2. The third-order valence-corrected chi connectivity index (χ3v) is 5.88. The molecule has 0 saturated heterocycles. The molecular formula is C21H25NO4S. The van der Waals surface area contributed by atoms with E-state index in [0.717, 1.165) is 47.4 Å². The molecule has 5 nitrogen and oxygen atoms in total. The van der Waals surface area contributed by atoms with Crippen molar-refractivity contribution in [3.63, 3.8) is 0 Å². The molecule has 1 atom stereocenters. The summed E-state index contributed by atoms with van der Waals surface area (Å²) in [4.78, 5) is 25.9. The van der Waals surface area contributed by atoms with Crippen molar-refractivity contribution < 1.29 is 19.1 Å². The molecule has 6 heteroatoms. The third kappa shape index (κ3) is 4.50. The number of fused-ring (bicyclic) bond motifs is 3. The molecule has 3 rings (SSSR count). The van der Waals surface area contributed by atoms with E-state index < -0.39 is 5.97 Å². The minimum Gasteiger partial charge on any atom is -0.497 e. The summed E-state index contributed by atoms with van der Waals surface area (Å²) in [6.45, 7) is 3.77. The number of carbonyl (C=O) groups is 2. The molecule has 0 saturated carbocycles. The molecule has 1 aromatic carbocycles. The molecule has 1 heterocycles. The fourth-order valence-corrected chi connectivity index (χ4v) is 4.53. The quantitative estimate of drug-likeness (QED) is 0.730. The number of ether oxygens (including phenoxy) is 2. The number of carbonyl (C=O) groups excluding carboxylic acids is 2. The van der Waals surface area contributed by atoms with Crippen LogP contribution in [0.5, 0.6) is 5.75 Å². The molecule has 1 aliphatic carbocycles. The number of benzene rings is 1. The van der Waals surface area contributed by atoms with Gasteiger partial charge in [0, 0.05) is 10.9 Å². The van der Waals surface area contributed by atoms with Crippen molar-refractivity contribution in [1.82, 2.24) is 5.32 Å². The van der Waals surface area contributed by atoms with Gasteiger partial charge in [0.15, 0.2) is 6.61 Å². The smallest absolute Gasteiger partial charge is 0.348 e. The number of hydrogen-bond donors (Lipinski definition) is 1. The largest absolute Gasteiger partial charge is 0.497 e. The summed E-state index contributed by atoms with van der Waals surface area (Å²) < 4.78 is 10.5. The van der Waals surface area contributed by atoms with Crippen molar-refractivity contribution in [2.45, 2.75) is 45.6 Å². The fourth-order valence-electron chi connectivity index (χ4n) is 3.36. The van der Waals surface area contributed by atoms with Crippen LogP contribution in [0.2, 0.25) is 0 Å². The number of hydrogen-bond acceptors (Lipinski definition) is 5. The van der Waals surface area contributed by atoms with Gasteiger partial charge in [-0.3, -0.25) is 4.79 Å². The number of amides is 1. The third-order valence-electron chi connectivity index (χ3n) is 4.69. The van der Waals surface area contributed by atoms with Crippen molar-refractivity contribution >= 4 is 23.2 Å². The Labute approximate surface area is 163 Å². The molecule has 1 aliphatic rings. The Balaban J connectivity index is 1.66. The Bertz CT molecular complexity index is 843. The maximum atomic E-state index is 12.4. The zero-order valence-electron chi connectivity index (χ0n) is 16.0. The predicted molar refractivity (Wildman–Crippen MR) is 107 cm³/mol. The van der Waals surface area contributed by atoms with Crippen LogP contribution in [-0.2, 0) is 22.4 Å². The van der Waals surface area contributed by atoms with Gasteiger partial charge in [0.2, 0.25) is 0 Å². The number of thiophene rings is 1. The summed E-state index contributed by atoms with van der Waals surface area (Å²) in [5, 5.41) is 2.84. The van der Waals surface area contributed by atoms with Gasteiger partial charge in [0.1, 0.15) is 10.6 Å². The average molecular weight is 388 g/mol. The van der Waals surface area contributed by atoms with E-state index in [2.05, 4.69) is 18.3 Å². The van der Waals surface area contributed by atoms with Gasteiger partial charge in [-0.15, -0.1) is 11.3 Å². The van der Waals surface area contributed by atoms with Gasteiger partial charge in [0.25, 0.3) is 5.91 Å². The Morgan fingerprint density at radius 2 is 2.00 bits per heavy atom. The van der Waals surface area contributed by atoms with Crippen LogP contribution in [0.4, 0.5) is 0 Å². The van der Waals surface area contributed by atoms with Gasteiger partial charge >= 0.3 is 5.97 Å². The van der Waals surface area contributed by atoms with E-state index in [1.165, 1.54) is 16.9 Å². The van der Waals surface area contributed by atoms with Crippen LogP contribution >= 0.6 is 11.3 Å². The maximum absolute atomic E-state index is 12.4. The Morgan fingerprint density at radius 3 is 2.74 bits per heavy atom. The first-order valence-corrected chi connectivity index (χ1v) is 10.1. The minimum atomic E-state index is -0.442. The predicted octanol–water partition coefficient (Wildman–Crippen LogP) is 3.98. The lowest BCUT2D eigenvalue weighted by Crippen LogP contribution is -2.35. The van der Waals surface area contributed by atoms with Crippen molar-refractivity contribution in [1.29, 1.82) is 0 Å². The molecule has 0 aliphatic heterocycles. The van der Waals surface area contributed by atoms with Crippen LogP contribution in [-0.4, -0.2) is 31.6 Å². The summed E-state index contributed by atoms with van der Waals surface area (Å²) >= 11 is 1.43. The van der Waals surface area contributed by atoms with E-state index in [-0.39, 0.29) is 18.6 Å². The maximum Gasteiger partial charge on any atom is 0.348 e. The highest BCUT2D eigenvalue weighted by molar-refractivity contribution is 7.17. The van der Waals surface area contributed by atoms with E-state index in [1.807, 2.05) is 25.1 Å². The molecule has 27 heavy (non-hydrogen) atoms. The van der Waals surface area contributed by atoms with Crippen LogP contribution < -0.4 is 10.1 Å². The van der Waals surface area contributed by atoms with Gasteiger partial charge in [-0.05, 0) is 67.1 Å². The van der Waals surface area contributed by atoms with E-state index >= 15 is 0 Å². The number of rotatable bonds is 7. The molecule has 144 valence electrons. The second-order valence-corrected chi connectivity index (χ2v) is 7.87. The highest BCUT2D eigenvalue weighted by Crippen LogP contribution is 2.40. The van der Waals surface area contributed by atoms with Crippen molar-refractivity contribution in [2.24, 2.45) is 0 Å². The van der Waals surface area contributed by atoms with Crippen LogP contribution in [0, 0.1) is 0 Å². The van der Waals surface area contributed by atoms with Crippen LogP contribution in [0.3, 0.4) is 0 Å². The van der Waals surface area contributed by atoms with Gasteiger partial charge in [0.05, 0.1) is 7.11 Å². The van der Waals surface area contributed by atoms with Gasteiger partial charge in [-0.1, -0.05) is 13.3 Å². The van der Waals surface area contributed by atoms with Crippen molar-refractivity contribution in [3.8, 4) is 16.2 Å². The highest BCUT2D eigenvalue weighted by atomic mass is 32.1. The topological polar surface area (TPSA) is 64.6 Å². The number of nitrogens with one attached hydrogen (secondary N) is 1. The Hall–Kier alpha value is -2.34. The SMILES string of the molecule is CCC[C@H](C)NC(=O)COC(=O)c1cc2c(s1)-c1ccc(OC)cc1CC2. The lowest BCUT2D eigenvalue weighted by atomic mass is 9.91. The fraction of sp³-hybridized carbons (Fsp3) is 0.429. The lowest BCUT2D eigenvalue weighted by molar-refractivity contribution is -0.124. The molecule has 0 radical (unpaired) electrons. The lowest BCUT2D eigenvalue weighted by Gasteiger charge is -2.16. The summed E-state index contributed by atoms with van der Waals surface area (Å²) in [5.41, 5.74) is 3.53. The van der Waals surface area contributed by atoms with Gasteiger partial charge < -0.3 is 14.8 Å². The molecular weight excluding hydrogens is 362 g/mol. The molecule has 0 fully saturated rings. The molecule has 2 aromatic rings. The standard InChI is InChI=1S/C21H25NO4S/c1-4-5-13(2)22-19(23)12-26-21(24)18-11-15-7-6-14-10-16(25-3)8-9-17(14)20(15)27-18/h8-11,13H,4-7,12H2,1-3H3,(H,22,23)/t13-/m0/s1. The number of esters is 1. The Kier molecular flexibility index (Phi) is 6.16. The number of methoxy groups -OCH3 is 1. The zero-order chi connectivity index (χ0) is 19.4. The second-order valence-electron chi connectivity index (χ2n) is 6.82. The second kappa shape index (κ2) is 8.57. The van der Waals surface area contributed by atoms with Gasteiger partial charge in [-0.2, -0.15) is 0 Å². The Morgan fingerprint density at radius 1 is 1.22 bits per heavy atom. The van der Waals surface area contributed by atoms with Crippen LogP contribution in [0.25, 0.3) is 10.4 Å². The van der Waals surface area contributed by atoms with Crippen molar-refractivity contribution in [2.75, 3.05) is 13.7 Å². The molecule has 0 spiro atoms. The molecule has 1 amide bonds. The minimum absolute atomic E-state index is 0.0868. The first-order chi connectivity index (χ1) is 13.0. The average Bonchev–Trinajstić information content (AvgIpc) is 3.10. The van der Waals surface area contributed by atoms with E-state index in [9.17, 15) is 9.59 Å². The van der Waals surface area contributed by atoms with E-state index in [1.54, 1.807) is 7.11 Å². The van der Waals surface area contributed by atoms with Crippen LogP contribution in [0.15, 0.2) is 24.3 Å². The first-order valence-electron chi connectivity index (χ1n) is 9.28.